The molecule has 2 aromatic carbocycles. The Hall–Kier alpha value is -1.96. The van der Waals surface area contributed by atoms with Crippen LogP contribution in [0.3, 0.4) is 0 Å². The monoisotopic (exact) mass is 408 g/mol. The summed E-state index contributed by atoms with van der Waals surface area (Å²) in [5, 5.41) is 0.553. The third-order valence-electron chi connectivity index (χ3n) is 5.10. The molecule has 2 saturated heterocycles. The van der Waals surface area contributed by atoms with Crippen molar-refractivity contribution < 1.29 is 17.6 Å². The van der Waals surface area contributed by atoms with Crippen LogP contribution in [0.5, 0.6) is 0 Å². The van der Waals surface area contributed by atoms with Gasteiger partial charge in [0.2, 0.25) is 5.91 Å². The fourth-order valence-electron chi connectivity index (χ4n) is 3.89. The van der Waals surface area contributed by atoms with E-state index in [4.69, 9.17) is 11.6 Å². The van der Waals surface area contributed by atoms with Crippen LogP contribution in [-0.4, -0.2) is 49.4 Å². The van der Waals surface area contributed by atoms with E-state index in [9.17, 15) is 17.6 Å². The van der Waals surface area contributed by atoms with E-state index in [2.05, 4.69) is 0 Å². The highest BCUT2D eigenvalue weighted by atomic mass is 35.5. The van der Waals surface area contributed by atoms with Gasteiger partial charge in [-0.1, -0.05) is 23.7 Å². The van der Waals surface area contributed by atoms with Crippen LogP contribution in [0.1, 0.15) is 5.56 Å². The summed E-state index contributed by atoms with van der Waals surface area (Å²) in [6, 6.07) is 12.1. The highest BCUT2D eigenvalue weighted by Gasteiger charge is 2.49. The van der Waals surface area contributed by atoms with Gasteiger partial charge in [-0.3, -0.25) is 9.69 Å². The fourth-order valence-corrected chi connectivity index (χ4v) is 6.00. The molecule has 0 bridgehead atoms. The molecule has 1 amide bonds. The Balaban J connectivity index is 1.65. The second kappa shape index (κ2) is 6.89. The molecular formula is C19H18ClFN2O3S. The number of sulfone groups is 1. The number of piperazine rings is 1. The third-order valence-corrected chi connectivity index (χ3v) is 7.06. The zero-order chi connectivity index (χ0) is 19.2. The lowest BCUT2D eigenvalue weighted by Gasteiger charge is -2.43. The summed E-state index contributed by atoms with van der Waals surface area (Å²) < 4.78 is 37.8. The van der Waals surface area contributed by atoms with Gasteiger partial charge in [0.15, 0.2) is 9.84 Å². The SMILES string of the molecule is O=C1CN(Cc2ccc(F)cc2)C2CS(=O)(=O)CC2N1c1ccc(Cl)cc1. The van der Waals surface area contributed by atoms with E-state index in [0.29, 0.717) is 17.3 Å². The number of carbonyl (C=O) groups excluding carboxylic acids is 1. The minimum atomic E-state index is -3.25. The molecule has 5 nitrogen and oxygen atoms in total. The van der Waals surface area contributed by atoms with E-state index >= 15 is 0 Å². The van der Waals surface area contributed by atoms with Gasteiger partial charge in [0.05, 0.1) is 24.1 Å². The smallest absolute Gasteiger partial charge is 0.241 e. The van der Waals surface area contributed by atoms with Gasteiger partial charge >= 0.3 is 0 Å². The Morgan fingerprint density at radius 3 is 2.30 bits per heavy atom. The Kier molecular flexibility index (Phi) is 4.70. The summed E-state index contributed by atoms with van der Waals surface area (Å²) in [5.74, 6) is -0.538. The summed E-state index contributed by atoms with van der Waals surface area (Å²) in [7, 11) is -3.25. The maximum Gasteiger partial charge on any atom is 0.241 e. The molecule has 27 heavy (non-hydrogen) atoms. The summed E-state index contributed by atoms with van der Waals surface area (Å²) >= 11 is 5.93. The first-order chi connectivity index (χ1) is 12.8. The normalized spacial score (nSPS) is 24.8. The molecule has 0 aromatic heterocycles. The number of halogens is 2. The minimum absolute atomic E-state index is 0.0101. The molecule has 0 aliphatic carbocycles. The van der Waals surface area contributed by atoms with Crippen LogP contribution in [0.4, 0.5) is 10.1 Å². The summed E-state index contributed by atoms with van der Waals surface area (Å²) in [6.07, 6.45) is 0. The first-order valence-corrected chi connectivity index (χ1v) is 10.8. The van der Waals surface area contributed by atoms with Crippen molar-refractivity contribution in [2.24, 2.45) is 0 Å². The predicted molar refractivity (Wildman–Crippen MR) is 102 cm³/mol. The number of hydrogen-bond acceptors (Lipinski definition) is 4. The van der Waals surface area contributed by atoms with E-state index in [1.165, 1.54) is 12.1 Å². The quantitative estimate of drug-likeness (QED) is 0.783. The molecule has 2 aliphatic heterocycles. The summed E-state index contributed by atoms with van der Waals surface area (Å²) in [6.45, 7) is 0.508. The predicted octanol–water partition coefficient (Wildman–Crippen LogP) is 2.49. The number of hydrogen-bond donors (Lipinski definition) is 0. The Morgan fingerprint density at radius 1 is 1.00 bits per heavy atom. The van der Waals surface area contributed by atoms with Crippen molar-refractivity contribution in [3.8, 4) is 0 Å². The van der Waals surface area contributed by atoms with Crippen molar-refractivity contribution >= 4 is 33.0 Å². The molecular weight excluding hydrogens is 391 g/mol. The number of fused-ring (bicyclic) bond motifs is 1. The zero-order valence-corrected chi connectivity index (χ0v) is 16.0. The molecule has 0 spiro atoms. The summed E-state index contributed by atoms with van der Waals surface area (Å²) in [5.41, 5.74) is 1.49. The second-order valence-corrected chi connectivity index (χ2v) is 9.57. The molecule has 0 N–H and O–H groups in total. The maximum absolute atomic E-state index is 13.1. The minimum Gasteiger partial charge on any atom is -0.306 e. The van der Waals surface area contributed by atoms with Crippen molar-refractivity contribution in [2.75, 3.05) is 23.0 Å². The van der Waals surface area contributed by atoms with Crippen LogP contribution in [0.25, 0.3) is 0 Å². The first kappa shape index (κ1) is 18.4. The van der Waals surface area contributed by atoms with E-state index in [1.54, 1.807) is 41.3 Å². The second-order valence-electron chi connectivity index (χ2n) is 6.98. The first-order valence-electron chi connectivity index (χ1n) is 8.59. The van der Waals surface area contributed by atoms with E-state index in [-0.39, 0.29) is 35.8 Å². The molecule has 2 heterocycles. The number of anilines is 1. The topological polar surface area (TPSA) is 57.7 Å². The van der Waals surface area contributed by atoms with Gasteiger partial charge in [-0.15, -0.1) is 0 Å². The van der Waals surface area contributed by atoms with Crippen LogP contribution in [0, 0.1) is 5.82 Å². The average Bonchev–Trinajstić information content (AvgIpc) is 2.93. The largest absolute Gasteiger partial charge is 0.306 e. The van der Waals surface area contributed by atoms with Crippen LogP contribution < -0.4 is 4.90 Å². The van der Waals surface area contributed by atoms with Crippen LogP contribution in [-0.2, 0) is 21.2 Å². The van der Waals surface area contributed by atoms with Crippen molar-refractivity contribution in [3.63, 3.8) is 0 Å². The number of carbonyl (C=O) groups is 1. The molecule has 8 heteroatoms. The number of amides is 1. The van der Waals surface area contributed by atoms with Gasteiger partial charge in [-0.25, -0.2) is 12.8 Å². The third kappa shape index (κ3) is 3.72. The lowest BCUT2D eigenvalue weighted by Crippen LogP contribution is -2.61. The Morgan fingerprint density at radius 2 is 1.63 bits per heavy atom. The maximum atomic E-state index is 13.1. The van der Waals surface area contributed by atoms with E-state index in [0.717, 1.165) is 5.56 Å². The Labute approximate surface area is 162 Å². The lowest BCUT2D eigenvalue weighted by atomic mass is 10.0. The van der Waals surface area contributed by atoms with Crippen molar-refractivity contribution in [1.29, 1.82) is 0 Å². The van der Waals surface area contributed by atoms with Crippen molar-refractivity contribution in [1.82, 2.24) is 4.90 Å². The Bertz CT molecular complexity index is 963. The molecule has 142 valence electrons. The van der Waals surface area contributed by atoms with E-state index < -0.39 is 15.9 Å². The van der Waals surface area contributed by atoms with Gasteiger partial charge in [-0.2, -0.15) is 0 Å². The zero-order valence-electron chi connectivity index (χ0n) is 14.4. The fraction of sp³-hybridized carbons (Fsp3) is 0.316. The molecule has 2 fully saturated rings. The number of nitrogens with zero attached hydrogens (tertiary/aromatic N) is 2. The molecule has 4 rings (SSSR count). The molecule has 0 radical (unpaired) electrons. The van der Waals surface area contributed by atoms with Crippen LogP contribution >= 0.6 is 11.6 Å². The summed E-state index contributed by atoms with van der Waals surface area (Å²) in [4.78, 5) is 16.4. The highest BCUT2D eigenvalue weighted by Crippen LogP contribution is 2.33. The number of benzene rings is 2. The van der Waals surface area contributed by atoms with Gasteiger partial charge in [0, 0.05) is 23.3 Å². The molecule has 0 saturated carbocycles. The standard InChI is InChI=1S/C19H18ClFN2O3S/c20-14-3-7-16(8-4-14)23-18-12-27(25,26)11-17(18)22(10-19(23)24)9-13-1-5-15(21)6-2-13/h1-8,17-18H,9-12H2. The van der Waals surface area contributed by atoms with Crippen molar-refractivity contribution in [2.45, 2.75) is 18.6 Å². The lowest BCUT2D eigenvalue weighted by molar-refractivity contribution is -0.123. The average molecular weight is 409 g/mol. The molecule has 2 aromatic rings. The molecule has 2 unspecified atom stereocenters. The van der Waals surface area contributed by atoms with Gasteiger partial charge < -0.3 is 4.90 Å². The van der Waals surface area contributed by atoms with Gasteiger partial charge in [0.1, 0.15) is 5.82 Å². The van der Waals surface area contributed by atoms with Crippen LogP contribution in [0.2, 0.25) is 5.02 Å². The van der Waals surface area contributed by atoms with Gasteiger partial charge in [0.25, 0.3) is 0 Å². The van der Waals surface area contributed by atoms with E-state index in [1.807, 2.05) is 4.90 Å². The molecule has 2 aliphatic rings. The number of rotatable bonds is 3. The molecule has 2 atom stereocenters. The highest BCUT2D eigenvalue weighted by molar-refractivity contribution is 7.91. The van der Waals surface area contributed by atoms with Crippen LogP contribution in [0.15, 0.2) is 48.5 Å². The van der Waals surface area contributed by atoms with Crippen molar-refractivity contribution in [3.05, 3.63) is 64.9 Å². The van der Waals surface area contributed by atoms with Gasteiger partial charge in [-0.05, 0) is 42.0 Å².